The maximum absolute atomic E-state index is 11.8. The highest BCUT2D eigenvalue weighted by Crippen LogP contribution is 2.01. The van der Waals surface area contributed by atoms with Crippen LogP contribution in [0, 0.1) is 5.92 Å². The number of carbonyl (C=O) groups excluding carboxylic acids is 3. The number of carbonyl (C=O) groups is 3. The number of rotatable bonds is 11. The van der Waals surface area contributed by atoms with Gasteiger partial charge in [0.2, 0.25) is 17.7 Å². The lowest BCUT2D eigenvalue weighted by molar-refractivity contribution is -0.130. The molecule has 22 heavy (non-hydrogen) atoms. The Kier molecular flexibility index (Phi) is 11.1. The minimum atomic E-state index is -0.589. The lowest BCUT2D eigenvalue weighted by Gasteiger charge is -2.21. The first-order valence-corrected chi connectivity index (χ1v) is 7.96. The summed E-state index contributed by atoms with van der Waals surface area (Å²) in [5.74, 6) is -0.757. The molecule has 5 N–H and O–H groups in total. The molecule has 7 heteroatoms. The molecule has 0 saturated heterocycles. The Labute approximate surface area is 132 Å². The molecule has 0 aliphatic rings. The van der Waals surface area contributed by atoms with Crippen LogP contribution < -0.4 is 21.7 Å². The van der Waals surface area contributed by atoms with E-state index in [2.05, 4.69) is 16.0 Å². The van der Waals surface area contributed by atoms with Gasteiger partial charge >= 0.3 is 0 Å². The highest BCUT2D eigenvalue weighted by atomic mass is 16.2. The van der Waals surface area contributed by atoms with Gasteiger partial charge in [-0.15, -0.1) is 0 Å². The van der Waals surface area contributed by atoms with Crippen LogP contribution in [0.15, 0.2) is 0 Å². The number of hydrogen-bond acceptors (Lipinski definition) is 4. The Bertz CT molecular complexity index is 359. The van der Waals surface area contributed by atoms with Crippen LogP contribution in [0.4, 0.5) is 0 Å². The van der Waals surface area contributed by atoms with Crippen LogP contribution in [0.25, 0.3) is 0 Å². The van der Waals surface area contributed by atoms with Crippen molar-refractivity contribution in [1.29, 1.82) is 0 Å². The van der Waals surface area contributed by atoms with Gasteiger partial charge < -0.3 is 21.7 Å². The highest BCUT2D eigenvalue weighted by Gasteiger charge is 2.23. The van der Waals surface area contributed by atoms with Crippen LogP contribution >= 0.6 is 0 Å². The van der Waals surface area contributed by atoms with Gasteiger partial charge in [-0.3, -0.25) is 14.4 Å². The fraction of sp³-hybridized carbons (Fsp3) is 0.800. The first kappa shape index (κ1) is 20.4. The first-order valence-electron chi connectivity index (χ1n) is 7.96. The predicted octanol–water partition coefficient (Wildman–Crippen LogP) is -0.101. The van der Waals surface area contributed by atoms with Crippen molar-refractivity contribution in [2.75, 3.05) is 19.6 Å². The van der Waals surface area contributed by atoms with Crippen molar-refractivity contribution in [3.8, 4) is 0 Å². The van der Waals surface area contributed by atoms with E-state index in [1.54, 1.807) is 0 Å². The number of unbranched alkanes of at least 4 members (excludes halogenated alkanes) is 2. The van der Waals surface area contributed by atoms with Crippen LogP contribution in [0.3, 0.4) is 0 Å². The number of nitrogens with one attached hydrogen (secondary N) is 3. The monoisotopic (exact) mass is 314 g/mol. The summed E-state index contributed by atoms with van der Waals surface area (Å²) in [6.45, 7) is 6.56. The van der Waals surface area contributed by atoms with E-state index >= 15 is 0 Å². The summed E-state index contributed by atoms with van der Waals surface area (Å²) in [7, 11) is 0. The van der Waals surface area contributed by atoms with Gasteiger partial charge in [-0.2, -0.15) is 0 Å². The van der Waals surface area contributed by atoms with E-state index in [4.69, 9.17) is 5.73 Å². The van der Waals surface area contributed by atoms with Crippen molar-refractivity contribution < 1.29 is 14.4 Å². The Morgan fingerprint density at radius 3 is 2.23 bits per heavy atom. The molecule has 3 amide bonds. The lowest BCUT2D eigenvalue weighted by Crippen LogP contribution is -2.51. The van der Waals surface area contributed by atoms with E-state index < -0.39 is 6.04 Å². The summed E-state index contributed by atoms with van der Waals surface area (Å²) in [4.78, 5) is 35.2. The predicted molar refractivity (Wildman–Crippen MR) is 86.0 cm³/mol. The van der Waals surface area contributed by atoms with Gasteiger partial charge in [0.15, 0.2) is 0 Å². The van der Waals surface area contributed by atoms with Gasteiger partial charge in [0, 0.05) is 13.0 Å². The molecule has 0 aromatic heterocycles. The molecule has 0 spiro atoms. The van der Waals surface area contributed by atoms with Crippen molar-refractivity contribution in [1.82, 2.24) is 16.0 Å². The van der Waals surface area contributed by atoms with Crippen molar-refractivity contribution in [2.24, 2.45) is 11.7 Å². The number of likely N-dealkylation sites (N-methyl/N-ethyl adjacent to an activating group) is 1. The van der Waals surface area contributed by atoms with E-state index in [0.717, 1.165) is 19.3 Å². The first-order chi connectivity index (χ1) is 10.4. The minimum absolute atomic E-state index is 0.0255. The summed E-state index contributed by atoms with van der Waals surface area (Å²) < 4.78 is 0. The SMILES string of the molecule is CCNC(=O)C(NC(=O)CNC(=O)CCCCCN)C(C)C. The molecule has 0 radical (unpaired) electrons. The van der Waals surface area contributed by atoms with Gasteiger partial charge in [0.1, 0.15) is 6.04 Å². The summed E-state index contributed by atoms with van der Waals surface area (Å²) in [5.41, 5.74) is 5.37. The second kappa shape index (κ2) is 12.0. The Morgan fingerprint density at radius 2 is 1.68 bits per heavy atom. The highest BCUT2D eigenvalue weighted by molar-refractivity contribution is 5.90. The molecular weight excluding hydrogens is 284 g/mol. The number of nitrogens with two attached hydrogens (primary N) is 1. The lowest BCUT2D eigenvalue weighted by atomic mass is 10.0. The molecule has 0 aromatic rings. The molecular formula is C15H30N4O3. The standard InChI is InChI=1S/C15H30N4O3/c1-4-17-15(22)14(11(2)3)19-13(21)10-18-12(20)8-6-5-7-9-16/h11,14H,4-10,16H2,1-3H3,(H,17,22)(H,18,20)(H,19,21). The van der Waals surface area contributed by atoms with Crippen LogP contribution in [0.2, 0.25) is 0 Å². The zero-order chi connectivity index (χ0) is 17.0. The molecule has 0 aromatic carbocycles. The van der Waals surface area contributed by atoms with Gasteiger partial charge in [0.25, 0.3) is 0 Å². The van der Waals surface area contributed by atoms with E-state index in [0.29, 0.717) is 19.5 Å². The summed E-state index contributed by atoms with van der Waals surface area (Å²) in [5, 5.41) is 7.90. The Hall–Kier alpha value is -1.63. The zero-order valence-corrected chi connectivity index (χ0v) is 13.9. The summed E-state index contributed by atoms with van der Waals surface area (Å²) in [6.07, 6.45) is 2.95. The second-order valence-electron chi connectivity index (χ2n) is 5.56. The van der Waals surface area contributed by atoms with Gasteiger partial charge in [-0.05, 0) is 32.2 Å². The van der Waals surface area contributed by atoms with Crippen molar-refractivity contribution in [3.05, 3.63) is 0 Å². The fourth-order valence-electron chi connectivity index (χ4n) is 1.92. The van der Waals surface area contributed by atoms with Gasteiger partial charge in [0.05, 0.1) is 6.54 Å². The van der Waals surface area contributed by atoms with Crippen LogP contribution in [-0.2, 0) is 14.4 Å². The maximum atomic E-state index is 11.8. The van der Waals surface area contributed by atoms with E-state index in [9.17, 15) is 14.4 Å². The molecule has 0 rings (SSSR count). The zero-order valence-electron chi connectivity index (χ0n) is 13.9. The molecule has 0 aliphatic carbocycles. The van der Waals surface area contributed by atoms with Crippen LogP contribution in [0.5, 0.6) is 0 Å². The average molecular weight is 314 g/mol. The Morgan fingerprint density at radius 1 is 1.00 bits per heavy atom. The molecule has 0 saturated carbocycles. The number of amides is 3. The fourth-order valence-corrected chi connectivity index (χ4v) is 1.92. The molecule has 0 aliphatic heterocycles. The van der Waals surface area contributed by atoms with Crippen molar-refractivity contribution in [2.45, 2.75) is 52.5 Å². The summed E-state index contributed by atoms with van der Waals surface area (Å²) in [6, 6.07) is -0.589. The van der Waals surface area contributed by atoms with Crippen molar-refractivity contribution >= 4 is 17.7 Å². The maximum Gasteiger partial charge on any atom is 0.242 e. The quantitative estimate of drug-likeness (QED) is 0.399. The van der Waals surface area contributed by atoms with Gasteiger partial charge in [-0.1, -0.05) is 20.3 Å². The molecule has 128 valence electrons. The second-order valence-corrected chi connectivity index (χ2v) is 5.56. The van der Waals surface area contributed by atoms with Crippen molar-refractivity contribution in [3.63, 3.8) is 0 Å². The molecule has 0 fully saturated rings. The number of hydrogen-bond donors (Lipinski definition) is 4. The third-order valence-corrected chi connectivity index (χ3v) is 3.17. The third-order valence-electron chi connectivity index (χ3n) is 3.17. The molecule has 1 atom stereocenters. The smallest absolute Gasteiger partial charge is 0.242 e. The average Bonchev–Trinajstić information content (AvgIpc) is 2.47. The molecule has 1 unspecified atom stereocenters. The topological polar surface area (TPSA) is 113 Å². The molecule has 0 bridgehead atoms. The van der Waals surface area contributed by atoms with Gasteiger partial charge in [-0.25, -0.2) is 0 Å². The third kappa shape index (κ3) is 9.33. The molecule has 0 heterocycles. The molecule has 7 nitrogen and oxygen atoms in total. The van der Waals surface area contributed by atoms with E-state index in [1.165, 1.54) is 0 Å². The minimum Gasteiger partial charge on any atom is -0.355 e. The van der Waals surface area contributed by atoms with E-state index in [1.807, 2.05) is 20.8 Å². The normalized spacial score (nSPS) is 11.9. The van der Waals surface area contributed by atoms with Crippen LogP contribution in [-0.4, -0.2) is 43.4 Å². The summed E-state index contributed by atoms with van der Waals surface area (Å²) >= 11 is 0. The Balaban J connectivity index is 4.09. The largest absolute Gasteiger partial charge is 0.355 e. The van der Waals surface area contributed by atoms with Crippen LogP contribution in [0.1, 0.15) is 46.5 Å². The van der Waals surface area contributed by atoms with E-state index in [-0.39, 0.29) is 30.2 Å².